The molecule has 0 N–H and O–H groups in total. The molecule has 0 bridgehead atoms. The lowest BCUT2D eigenvalue weighted by Gasteiger charge is -2.10. The third-order valence-corrected chi connectivity index (χ3v) is 3.19. The van der Waals surface area contributed by atoms with Gasteiger partial charge in [0.15, 0.2) is 0 Å². The van der Waals surface area contributed by atoms with Crippen LogP contribution in [0.25, 0.3) is 10.9 Å². The van der Waals surface area contributed by atoms with E-state index in [1.54, 1.807) is 0 Å². The molecular weight excluding hydrogens is 206 g/mol. The van der Waals surface area contributed by atoms with Crippen LogP contribution in [-0.4, -0.2) is 4.98 Å². The molecule has 0 atom stereocenters. The first-order chi connectivity index (χ1) is 7.13. The summed E-state index contributed by atoms with van der Waals surface area (Å²) in [6.45, 7) is 6.32. The van der Waals surface area contributed by atoms with Crippen LogP contribution in [0.1, 0.15) is 22.4 Å². The Morgan fingerprint density at radius 1 is 1.13 bits per heavy atom. The largest absolute Gasteiger partial charge is 0.251 e. The van der Waals surface area contributed by atoms with E-state index in [1.807, 2.05) is 0 Å². The molecule has 2 rings (SSSR count). The van der Waals surface area contributed by atoms with Gasteiger partial charge in [-0.25, -0.2) is 0 Å². The quantitative estimate of drug-likeness (QED) is 0.663. The monoisotopic (exact) mass is 219 g/mol. The Bertz CT molecular complexity index is 517. The van der Waals surface area contributed by atoms with Gasteiger partial charge in [-0.2, -0.15) is 0 Å². The van der Waals surface area contributed by atoms with Gasteiger partial charge in [0.1, 0.15) is 0 Å². The van der Waals surface area contributed by atoms with Crippen LogP contribution in [0.4, 0.5) is 0 Å². The molecule has 2 aromatic rings. The van der Waals surface area contributed by atoms with E-state index in [4.69, 9.17) is 11.6 Å². The molecule has 0 radical (unpaired) electrons. The maximum absolute atomic E-state index is 5.87. The van der Waals surface area contributed by atoms with Crippen LogP contribution in [0.2, 0.25) is 0 Å². The molecule has 0 saturated heterocycles. The number of rotatable bonds is 1. The number of fused-ring (bicyclic) bond motifs is 1. The molecule has 0 fully saturated rings. The van der Waals surface area contributed by atoms with Gasteiger partial charge in [-0.15, -0.1) is 11.6 Å². The zero-order chi connectivity index (χ0) is 11.0. The highest BCUT2D eigenvalue weighted by Crippen LogP contribution is 2.23. The van der Waals surface area contributed by atoms with Gasteiger partial charge in [-0.1, -0.05) is 11.6 Å². The van der Waals surface area contributed by atoms with Crippen LogP contribution >= 0.6 is 11.6 Å². The second kappa shape index (κ2) is 3.82. The molecule has 0 amide bonds. The number of hydrogen-bond acceptors (Lipinski definition) is 1. The fourth-order valence-electron chi connectivity index (χ4n) is 1.83. The first-order valence-electron chi connectivity index (χ1n) is 5.06. The maximum Gasteiger partial charge on any atom is 0.0708 e. The zero-order valence-electron chi connectivity index (χ0n) is 9.26. The highest BCUT2D eigenvalue weighted by atomic mass is 35.5. The highest BCUT2D eigenvalue weighted by Gasteiger charge is 2.07. The van der Waals surface area contributed by atoms with Crippen LogP contribution in [0.15, 0.2) is 18.2 Å². The van der Waals surface area contributed by atoms with Crippen molar-refractivity contribution in [1.82, 2.24) is 4.98 Å². The summed E-state index contributed by atoms with van der Waals surface area (Å²) in [4.78, 5) is 4.56. The van der Waals surface area contributed by atoms with E-state index in [-0.39, 0.29) is 0 Å². The Morgan fingerprint density at radius 3 is 2.53 bits per heavy atom. The van der Waals surface area contributed by atoms with E-state index in [2.05, 4.69) is 44.0 Å². The minimum absolute atomic E-state index is 0.483. The highest BCUT2D eigenvalue weighted by molar-refractivity contribution is 6.17. The van der Waals surface area contributed by atoms with Gasteiger partial charge in [-0.05, 0) is 44.0 Å². The van der Waals surface area contributed by atoms with Gasteiger partial charge in [0.2, 0.25) is 0 Å². The number of nitrogens with zero attached hydrogens (tertiary/aromatic N) is 1. The number of hydrogen-bond donors (Lipinski definition) is 0. The van der Waals surface area contributed by atoms with Crippen molar-refractivity contribution in [1.29, 1.82) is 0 Å². The minimum Gasteiger partial charge on any atom is -0.251 e. The van der Waals surface area contributed by atoms with Crippen LogP contribution in [-0.2, 0) is 5.88 Å². The lowest BCUT2D eigenvalue weighted by Crippen LogP contribution is -1.96. The zero-order valence-corrected chi connectivity index (χ0v) is 10.0. The predicted molar refractivity (Wildman–Crippen MR) is 65.5 cm³/mol. The average Bonchev–Trinajstić information content (AvgIpc) is 2.24. The number of halogens is 1. The van der Waals surface area contributed by atoms with Gasteiger partial charge in [-0.3, -0.25) is 4.98 Å². The average molecular weight is 220 g/mol. The number of alkyl halides is 1. The molecule has 1 heterocycles. The molecule has 0 spiro atoms. The van der Waals surface area contributed by atoms with Gasteiger partial charge in [0.05, 0.1) is 17.1 Å². The summed E-state index contributed by atoms with van der Waals surface area (Å²) in [7, 11) is 0. The summed E-state index contributed by atoms with van der Waals surface area (Å²) in [5.41, 5.74) is 5.80. The molecule has 78 valence electrons. The van der Waals surface area contributed by atoms with Gasteiger partial charge in [0.25, 0.3) is 0 Å². The molecule has 1 nitrogen and oxygen atoms in total. The van der Waals surface area contributed by atoms with Gasteiger partial charge >= 0.3 is 0 Å². The predicted octanol–water partition coefficient (Wildman–Crippen LogP) is 3.90. The van der Waals surface area contributed by atoms with Crippen LogP contribution in [0.3, 0.4) is 0 Å². The smallest absolute Gasteiger partial charge is 0.0708 e. The normalized spacial score (nSPS) is 10.9. The number of pyridine rings is 1. The van der Waals surface area contributed by atoms with Crippen molar-refractivity contribution in [3.8, 4) is 0 Å². The number of aromatic nitrogens is 1. The Labute approximate surface area is 95.1 Å². The van der Waals surface area contributed by atoms with E-state index >= 15 is 0 Å². The minimum atomic E-state index is 0.483. The summed E-state index contributed by atoms with van der Waals surface area (Å²) < 4.78 is 0. The lowest BCUT2D eigenvalue weighted by atomic mass is 10.0. The van der Waals surface area contributed by atoms with Crippen molar-refractivity contribution in [3.63, 3.8) is 0 Å². The molecule has 1 aromatic carbocycles. The second-order valence-electron chi connectivity index (χ2n) is 3.96. The fourth-order valence-corrected chi connectivity index (χ4v) is 2.09. The molecule has 2 heteroatoms. The Hall–Kier alpha value is -1.08. The molecule has 0 aliphatic carbocycles. The van der Waals surface area contributed by atoms with E-state index in [9.17, 15) is 0 Å². The summed E-state index contributed by atoms with van der Waals surface area (Å²) >= 11 is 5.87. The molecule has 1 aromatic heterocycles. The van der Waals surface area contributed by atoms with Gasteiger partial charge in [0, 0.05) is 5.39 Å². The van der Waals surface area contributed by atoms with E-state index in [0.29, 0.717) is 5.88 Å². The van der Waals surface area contributed by atoms with E-state index in [1.165, 1.54) is 22.1 Å². The SMILES string of the molecule is Cc1ccc2nc(CCl)c(C)c(C)c2c1. The molecule has 0 aliphatic heterocycles. The maximum atomic E-state index is 5.87. The summed E-state index contributed by atoms with van der Waals surface area (Å²) in [6.07, 6.45) is 0. The van der Waals surface area contributed by atoms with Crippen LogP contribution < -0.4 is 0 Å². The third kappa shape index (κ3) is 1.72. The van der Waals surface area contributed by atoms with Crippen molar-refractivity contribution in [2.24, 2.45) is 0 Å². The molecule has 0 saturated carbocycles. The molecule has 0 aliphatic rings. The second-order valence-corrected chi connectivity index (χ2v) is 4.23. The summed E-state index contributed by atoms with van der Waals surface area (Å²) in [5.74, 6) is 0.483. The standard InChI is InChI=1S/C13H14ClN/c1-8-4-5-12-11(6-8)9(2)10(3)13(7-14)15-12/h4-6H,7H2,1-3H3. The van der Waals surface area contributed by atoms with Crippen LogP contribution in [0, 0.1) is 20.8 Å². The van der Waals surface area contributed by atoms with Crippen molar-refractivity contribution in [3.05, 3.63) is 40.6 Å². The van der Waals surface area contributed by atoms with Crippen LogP contribution in [0.5, 0.6) is 0 Å². The van der Waals surface area contributed by atoms with E-state index < -0.39 is 0 Å². The number of benzene rings is 1. The topological polar surface area (TPSA) is 12.9 Å². The molecular formula is C13H14ClN. The van der Waals surface area contributed by atoms with Crippen molar-refractivity contribution in [2.75, 3.05) is 0 Å². The van der Waals surface area contributed by atoms with Crippen molar-refractivity contribution >= 4 is 22.5 Å². The summed E-state index contributed by atoms with van der Waals surface area (Å²) in [5, 5.41) is 1.24. The Morgan fingerprint density at radius 2 is 1.87 bits per heavy atom. The molecule has 0 unspecified atom stereocenters. The third-order valence-electron chi connectivity index (χ3n) is 2.93. The Balaban J connectivity index is 2.84. The van der Waals surface area contributed by atoms with E-state index in [0.717, 1.165) is 11.2 Å². The Kier molecular flexibility index (Phi) is 2.66. The van der Waals surface area contributed by atoms with Crippen molar-refractivity contribution in [2.45, 2.75) is 26.7 Å². The van der Waals surface area contributed by atoms with Crippen molar-refractivity contribution < 1.29 is 0 Å². The fraction of sp³-hybridized carbons (Fsp3) is 0.308. The first kappa shape index (κ1) is 10.4. The first-order valence-corrected chi connectivity index (χ1v) is 5.59. The number of aryl methyl sites for hydroxylation is 2. The van der Waals surface area contributed by atoms with Gasteiger partial charge < -0.3 is 0 Å². The molecule has 15 heavy (non-hydrogen) atoms. The lowest BCUT2D eigenvalue weighted by molar-refractivity contribution is 1.14. The summed E-state index contributed by atoms with van der Waals surface area (Å²) in [6, 6.07) is 6.33.